The maximum Gasteiger partial charge on any atom is 0.337 e. The quantitative estimate of drug-likeness (QED) is 0.866. The minimum atomic E-state index is -3.68. The van der Waals surface area contributed by atoms with E-state index in [9.17, 15) is 13.2 Å². The average Bonchev–Trinajstić information content (AvgIpc) is 2.58. The van der Waals surface area contributed by atoms with Crippen LogP contribution in [0.4, 0.5) is 5.69 Å². The van der Waals surface area contributed by atoms with Crippen molar-refractivity contribution in [2.45, 2.75) is 11.4 Å². The molecular formula is C17H16N2O4S. The highest BCUT2D eigenvalue weighted by atomic mass is 32.2. The molecule has 1 aliphatic heterocycles. The van der Waals surface area contributed by atoms with Crippen molar-refractivity contribution < 1.29 is 17.9 Å². The van der Waals surface area contributed by atoms with Gasteiger partial charge in [0.05, 0.1) is 24.9 Å². The Hall–Kier alpha value is -2.80. The molecule has 1 heterocycles. The van der Waals surface area contributed by atoms with Gasteiger partial charge in [-0.1, -0.05) is 30.8 Å². The lowest BCUT2D eigenvalue weighted by Crippen LogP contribution is -2.36. The molecule has 0 atom stereocenters. The Morgan fingerprint density at radius 3 is 2.50 bits per heavy atom. The van der Waals surface area contributed by atoms with Gasteiger partial charge >= 0.3 is 5.97 Å². The Labute approximate surface area is 140 Å². The molecule has 2 aromatic rings. The Balaban J connectivity index is 1.90. The summed E-state index contributed by atoms with van der Waals surface area (Å²) >= 11 is 0. The SMILES string of the molecule is C=C1Nc2ccccc2S(=O)(=O)N1Cc1ccc(C(=O)OC)cc1. The Morgan fingerprint density at radius 2 is 1.83 bits per heavy atom. The van der Waals surface area contributed by atoms with Gasteiger partial charge in [0.15, 0.2) is 0 Å². The molecule has 3 rings (SSSR count). The van der Waals surface area contributed by atoms with Crippen molar-refractivity contribution in [1.82, 2.24) is 4.31 Å². The summed E-state index contributed by atoms with van der Waals surface area (Å²) in [5.41, 5.74) is 1.65. The second-order valence-corrected chi connectivity index (χ2v) is 7.10. The molecule has 0 unspecified atom stereocenters. The van der Waals surface area contributed by atoms with Gasteiger partial charge in [0.1, 0.15) is 10.7 Å². The molecule has 0 spiro atoms. The molecule has 24 heavy (non-hydrogen) atoms. The molecule has 6 nitrogen and oxygen atoms in total. The Morgan fingerprint density at radius 1 is 1.17 bits per heavy atom. The highest BCUT2D eigenvalue weighted by Gasteiger charge is 2.32. The summed E-state index contributed by atoms with van der Waals surface area (Å²) < 4.78 is 31.4. The van der Waals surface area contributed by atoms with Crippen molar-refractivity contribution in [3.05, 3.63) is 72.1 Å². The maximum atomic E-state index is 12.8. The van der Waals surface area contributed by atoms with Gasteiger partial charge in [-0.15, -0.1) is 0 Å². The molecule has 2 aromatic carbocycles. The van der Waals surface area contributed by atoms with Crippen LogP contribution >= 0.6 is 0 Å². The highest BCUT2D eigenvalue weighted by molar-refractivity contribution is 7.89. The van der Waals surface area contributed by atoms with Gasteiger partial charge < -0.3 is 10.1 Å². The zero-order chi connectivity index (χ0) is 17.3. The van der Waals surface area contributed by atoms with Crippen LogP contribution in [-0.2, 0) is 21.3 Å². The molecule has 0 saturated carbocycles. The number of benzene rings is 2. The van der Waals surface area contributed by atoms with Crippen LogP contribution in [0.3, 0.4) is 0 Å². The lowest BCUT2D eigenvalue weighted by Gasteiger charge is -2.32. The summed E-state index contributed by atoms with van der Waals surface area (Å²) in [5, 5.41) is 3.00. The van der Waals surface area contributed by atoms with E-state index in [1.54, 1.807) is 48.5 Å². The predicted molar refractivity (Wildman–Crippen MR) is 89.7 cm³/mol. The number of esters is 1. The molecule has 1 aliphatic rings. The third kappa shape index (κ3) is 2.74. The van der Waals surface area contributed by atoms with Gasteiger partial charge in [0.25, 0.3) is 10.0 Å². The molecule has 0 radical (unpaired) electrons. The van der Waals surface area contributed by atoms with Crippen molar-refractivity contribution in [3.8, 4) is 0 Å². The molecule has 0 saturated heterocycles. The van der Waals surface area contributed by atoms with Crippen molar-refractivity contribution in [2.75, 3.05) is 12.4 Å². The van der Waals surface area contributed by atoms with E-state index in [0.29, 0.717) is 11.3 Å². The Kier molecular flexibility index (Phi) is 4.02. The highest BCUT2D eigenvalue weighted by Crippen LogP contribution is 2.33. The lowest BCUT2D eigenvalue weighted by molar-refractivity contribution is 0.0600. The smallest absolute Gasteiger partial charge is 0.337 e. The van der Waals surface area contributed by atoms with E-state index >= 15 is 0 Å². The molecule has 1 N–H and O–H groups in total. The fraction of sp³-hybridized carbons (Fsp3) is 0.118. The van der Waals surface area contributed by atoms with Gasteiger partial charge in [-0.25, -0.2) is 17.5 Å². The van der Waals surface area contributed by atoms with Gasteiger partial charge in [0.2, 0.25) is 0 Å². The predicted octanol–water partition coefficient (Wildman–Crippen LogP) is 2.56. The molecule has 0 aliphatic carbocycles. The number of methoxy groups -OCH3 is 1. The number of hydrogen-bond acceptors (Lipinski definition) is 5. The number of ether oxygens (including phenoxy) is 1. The zero-order valence-corrected chi connectivity index (χ0v) is 13.8. The van der Waals surface area contributed by atoms with Crippen LogP contribution in [0.1, 0.15) is 15.9 Å². The minimum Gasteiger partial charge on any atom is -0.465 e. The van der Waals surface area contributed by atoms with Crippen LogP contribution in [0.25, 0.3) is 0 Å². The van der Waals surface area contributed by atoms with Gasteiger partial charge in [-0.05, 0) is 29.8 Å². The van der Waals surface area contributed by atoms with Crippen LogP contribution < -0.4 is 5.32 Å². The van der Waals surface area contributed by atoms with Gasteiger partial charge in [0, 0.05) is 0 Å². The first-order chi connectivity index (χ1) is 11.4. The van der Waals surface area contributed by atoms with Gasteiger partial charge in [-0.2, -0.15) is 0 Å². The summed E-state index contributed by atoms with van der Waals surface area (Å²) in [6.45, 7) is 3.92. The Bertz CT molecular complexity index is 904. The number of carbonyl (C=O) groups is 1. The molecule has 0 fully saturated rings. The van der Waals surface area contributed by atoms with Crippen molar-refractivity contribution >= 4 is 21.7 Å². The first kappa shape index (κ1) is 16.1. The summed E-state index contributed by atoms with van der Waals surface area (Å²) in [7, 11) is -2.37. The van der Waals surface area contributed by atoms with Crippen LogP contribution in [0, 0.1) is 0 Å². The average molecular weight is 344 g/mol. The number of nitrogens with zero attached hydrogens (tertiary/aromatic N) is 1. The number of anilines is 1. The summed E-state index contributed by atoms with van der Waals surface area (Å²) in [6.07, 6.45) is 0. The number of carbonyl (C=O) groups excluding carboxylic acids is 1. The largest absolute Gasteiger partial charge is 0.465 e. The summed E-state index contributed by atoms with van der Waals surface area (Å²) in [4.78, 5) is 11.7. The van der Waals surface area contributed by atoms with Crippen LogP contribution in [-0.4, -0.2) is 25.8 Å². The first-order valence-electron chi connectivity index (χ1n) is 7.18. The summed E-state index contributed by atoms with van der Waals surface area (Å²) in [5.74, 6) is -0.155. The molecule has 7 heteroatoms. The second-order valence-electron chi connectivity index (χ2n) is 5.27. The van der Waals surface area contributed by atoms with Crippen LogP contribution in [0.15, 0.2) is 65.8 Å². The summed E-state index contributed by atoms with van der Waals surface area (Å²) in [6, 6.07) is 13.3. The fourth-order valence-corrected chi connectivity index (χ4v) is 4.03. The lowest BCUT2D eigenvalue weighted by atomic mass is 10.1. The van der Waals surface area contributed by atoms with E-state index in [1.807, 2.05) is 0 Å². The van der Waals surface area contributed by atoms with E-state index in [1.165, 1.54) is 11.4 Å². The normalized spacial score (nSPS) is 15.4. The molecule has 0 bridgehead atoms. The fourth-order valence-electron chi connectivity index (χ4n) is 2.49. The monoisotopic (exact) mass is 344 g/mol. The van der Waals surface area contributed by atoms with E-state index in [2.05, 4.69) is 16.6 Å². The standard InChI is InChI=1S/C17H16N2O4S/c1-12-18-15-5-3-4-6-16(15)24(21,22)19(12)11-13-7-9-14(10-8-13)17(20)23-2/h3-10,18H,1,11H2,2H3. The third-order valence-corrected chi connectivity index (χ3v) is 5.58. The number of hydrogen-bond donors (Lipinski definition) is 1. The molecule has 124 valence electrons. The van der Waals surface area contributed by atoms with E-state index < -0.39 is 16.0 Å². The van der Waals surface area contributed by atoms with E-state index in [-0.39, 0.29) is 17.3 Å². The number of para-hydroxylation sites is 1. The molecule has 0 amide bonds. The van der Waals surface area contributed by atoms with Gasteiger partial charge in [-0.3, -0.25) is 0 Å². The second kappa shape index (κ2) is 6.01. The van der Waals surface area contributed by atoms with E-state index in [4.69, 9.17) is 0 Å². The van der Waals surface area contributed by atoms with Crippen LogP contribution in [0.5, 0.6) is 0 Å². The number of sulfonamides is 1. The van der Waals surface area contributed by atoms with Crippen molar-refractivity contribution in [2.24, 2.45) is 0 Å². The van der Waals surface area contributed by atoms with E-state index in [0.717, 1.165) is 5.56 Å². The third-order valence-electron chi connectivity index (χ3n) is 3.74. The number of rotatable bonds is 3. The topological polar surface area (TPSA) is 75.7 Å². The maximum absolute atomic E-state index is 12.8. The molecular weight excluding hydrogens is 328 g/mol. The molecule has 0 aromatic heterocycles. The first-order valence-corrected chi connectivity index (χ1v) is 8.62. The number of fused-ring (bicyclic) bond motifs is 1. The number of nitrogens with one attached hydrogen (secondary N) is 1. The zero-order valence-electron chi connectivity index (χ0n) is 13.0. The van der Waals surface area contributed by atoms with Crippen LogP contribution in [0.2, 0.25) is 0 Å². The minimum absolute atomic E-state index is 0.115. The van der Waals surface area contributed by atoms with Crippen molar-refractivity contribution in [3.63, 3.8) is 0 Å². The van der Waals surface area contributed by atoms with Crippen molar-refractivity contribution in [1.29, 1.82) is 0 Å².